The third-order valence-corrected chi connectivity index (χ3v) is 8.70. The number of pyridine rings is 1. The van der Waals surface area contributed by atoms with Gasteiger partial charge in [-0.2, -0.15) is 5.10 Å². The van der Waals surface area contributed by atoms with Crippen LogP contribution in [0.1, 0.15) is 50.2 Å². The fourth-order valence-corrected chi connectivity index (χ4v) is 6.32. The van der Waals surface area contributed by atoms with Crippen LogP contribution in [0, 0.1) is 13.8 Å². The minimum atomic E-state index is 0.0123. The van der Waals surface area contributed by atoms with Gasteiger partial charge in [-0.15, -0.1) is 0 Å². The number of ether oxygens (including phenoxy) is 1. The Morgan fingerprint density at radius 3 is 2.31 bits per heavy atom. The van der Waals surface area contributed by atoms with E-state index in [0.717, 1.165) is 57.4 Å². The summed E-state index contributed by atoms with van der Waals surface area (Å²) in [6.07, 6.45) is 2.90. The predicted octanol–water partition coefficient (Wildman–Crippen LogP) is 10.3. The fourth-order valence-electron chi connectivity index (χ4n) is 6.32. The van der Waals surface area contributed by atoms with E-state index < -0.39 is 0 Å². The van der Waals surface area contributed by atoms with E-state index in [1.165, 1.54) is 27.5 Å². The van der Waals surface area contributed by atoms with Gasteiger partial charge >= 0.3 is 0 Å². The molecule has 0 N–H and O–H groups in total. The lowest BCUT2D eigenvalue weighted by atomic mass is 9.88. The first-order valence-electron chi connectivity index (χ1n) is 15.6. The summed E-state index contributed by atoms with van der Waals surface area (Å²) in [6, 6.07) is 36.0. The maximum absolute atomic E-state index is 6.55. The second-order valence-corrected chi connectivity index (χ2v) is 12.8. The molecule has 0 aliphatic rings. The molecule has 45 heavy (non-hydrogen) atoms. The van der Waals surface area contributed by atoms with Gasteiger partial charge < -0.3 is 4.74 Å². The molecule has 0 radical (unpaired) electrons. The number of nitrogens with zero attached hydrogens (tertiary/aromatic N) is 4. The van der Waals surface area contributed by atoms with Crippen molar-refractivity contribution in [2.24, 2.45) is 0 Å². The van der Waals surface area contributed by atoms with Crippen LogP contribution < -0.4 is 4.74 Å². The quantitative estimate of drug-likeness (QED) is 0.194. The Hall–Kier alpha value is -5.16. The zero-order valence-electron chi connectivity index (χ0n) is 26.8. The van der Waals surface area contributed by atoms with Crippen LogP contribution in [0.4, 0.5) is 0 Å². The van der Waals surface area contributed by atoms with Crippen LogP contribution in [0.2, 0.25) is 0 Å². The highest BCUT2D eigenvalue weighted by atomic mass is 16.5. The van der Waals surface area contributed by atoms with E-state index in [2.05, 4.69) is 131 Å². The van der Waals surface area contributed by atoms with E-state index in [9.17, 15) is 0 Å². The average molecular weight is 591 g/mol. The summed E-state index contributed by atoms with van der Waals surface area (Å²) in [5.41, 5.74) is 10.2. The van der Waals surface area contributed by atoms with E-state index in [-0.39, 0.29) is 5.41 Å². The third-order valence-electron chi connectivity index (χ3n) is 8.70. The zero-order valence-corrected chi connectivity index (χ0v) is 26.8. The SMILES string of the molecule is CCc1ccc2c(c1)c1ccc(Oc3cccc(-n4nc(C)c(-c5ccccc5)c4C)c3)cc1n2-c1cc(C(C)(C)C)ccn1. The lowest BCUT2D eigenvalue weighted by Gasteiger charge is -2.20. The molecule has 0 unspecified atom stereocenters. The molecule has 3 aromatic heterocycles. The Balaban J connectivity index is 1.31. The van der Waals surface area contributed by atoms with Gasteiger partial charge in [-0.1, -0.05) is 70.2 Å². The van der Waals surface area contributed by atoms with Gasteiger partial charge in [-0.3, -0.25) is 4.57 Å². The highest BCUT2D eigenvalue weighted by Gasteiger charge is 2.19. The van der Waals surface area contributed by atoms with Crippen molar-refractivity contribution < 1.29 is 4.74 Å². The van der Waals surface area contributed by atoms with Crippen molar-refractivity contribution in [3.05, 3.63) is 132 Å². The normalized spacial score (nSPS) is 11.9. The Morgan fingerprint density at radius 2 is 1.53 bits per heavy atom. The van der Waals surface area contributed by atoms with E-state index in [1.807, 2.05) is 29.1 Å². The summed E-state index contributed by atoms with van der Waals surface area (Å²) in [5.74, 6) is 2.43. The molecule has 0 saturated heterocycles. The molecule has 5 nitrogen and oxygen atoms in total. The van der Waals surface area contributed by atoms with Gasteiger partial charge in [0.2, 0.25) is 0 Å². The topological polar surface area (TPSA) is 44.9 Å². The molecule has 0 aliphatic carbocycles. The molecule has 7 aromatic rings. The molecule has 0 saturated carbocycles. The van der Waals surface area contributed by atoms with Crippen molar-refractivity contribution in [2.75, 3.05) is 0 Å². The first-order chi connectivity index (χ1) is 21.7. The van der Waals surface area contributed by atoms with Crippen LogP contribution in [0.15, 0.2) is 109 Å². The molecule has 0 atom stereocenters. The van der Waals surface area contributed by atoms with Crippen LogP contribution in [0.3, 0.4) is 0 Å². The summed E-state index contributed by atoms with van der Waals surface area (Å²) in [6.45, 7) is 13.1. The molecular weight excluding hydrogens is 552 g/mol. The molecule has 0 fully saturated rings. The Labute approximate surface area is 264 Å². The maximum atomic E-state index is 6.55. The van der Waals surface area contributed by atoms with Gasteiger partial charge in [0.15, 0.2) is 0 Å². The fraction of sp³-hybridized carbons (Fsp3) is 0.200. The summed E-state index contributed by atoms with van der Waals surface area (Å²) < 4.78 is 10.8. The van der Waals surface area contributed by atoms with Gasteiger partial charge in [0, 0.05) is 40.4 Å². The van der Waals surface area contributed by atoms with E-state index in [0.29, 0.717) is 0 Å². The van der Waals surface area contributed by atoms with Crippen molar-refractivity contribution in [1.29, 1.82) is 0 Å². The summed E-state index contributed by atoms with van der Waals surface area (Å²) >= 11 is 0. The van der Waals surface area contributed by atoms with Crippen molar-refractivity contribution in [1.82, 2.24) is 19.3 Å². The molecule has 7 rings (SSSR count). The number of hydrogen-bond acceptors (Lipinski definition) is 3. The smallest absolute Gasteiger partial charge is 0.137 e. The van der Waals surface area contributed by atoms with Gasteiger partial charge in [0.25, 0.3) is 0 Å². The molecule has 0 spiro atoms. The Kier molecular flexibility index (Phi) is 7.04. The van der Waals surface area contributed by atoms with Crippen LogP contribution in [0.5, 0.6) is 11.5 Å². The van der Waals surface area contributed by atoms with Crippen molar-refractivity contribution in [2.45, 2.75) is 53.4 Å². The molecule has 4 aromatic carbocycles. The lowest BCUT2D eigenvalue weighted by Crippen LogP contribution is -2.12. The predicted molar refractivity (Wildman–Crippen MR) is 185 cm³/mol. The highest BCUT2D eigenvalue weighted by Crippen LogP contribution is 2.37. The molecule has 0 aliphatic heterocycles. The van der Waals surface area contributed by atoms with Gasteiger partial charge in [-0.25, -0.2) is 9.67 Å². The van der Waals surface area contributed by atoms with Crippen LogP contribution in [-0.2, 0) is 11.8 Å². The first-order valence-corrected chi connectivity index (χ1v) is 15.6. The second kappa shape index (κ2) is 11.1. The summed E-state index contributed by atoms with van der Waals surface area (Å²) in [4.78, 5) is 4.85. The van der Waals surface area contributed by atoms with Crippen molar-refractivity contribution >= 4 is 21.8 Å². The Bertz CT molecular complexity index is 2180. The van der Waals surface area contributed by atoms with Crippen LogP contribution >= 0.6 is 0 Å². The lowest BCUT2D eigenvalue weighted by molar-refractivity contribution is 0.482. The molecule has 0 amide bonds. The number of rotatable bonds is 6. The molecule has 224 valence electrons. The van der Waals surface area contributed by atoms with Crippen molar-refractivity contribution in [3.63, 3.8) is 0 Å². The largest absolute Gasteiger partial charge is 0.457 e. The zero-order chi connectivity index (χ0) is 31.3. The van der Waals surface area contributed by atoms with Crippen LogP contribution in [-0.4, -0.2) is 19.3 Å². The van der Waals surface area contributed by atoms with Crippen LogP contribution in [0.25, 0.3) is 44.4 Å². The standard InChI is InChI=1S/C40H38N4O/c1-7-28-16-19-36-35(22-28)34-18-17-33(25-37(34)43(36)38-23-30(20-21-41-38)40(4,5)6)45-32-15-11-14-31(24-32)44-27(3)39(26(2)42-44)29-12-9-8-10-13-29/h8-25H,7H2,1-6H3. The van der Waals surface area contributed by atoms with Gasteiger partial charge in [0.1, 0.15) is 17.3 Å². The van der Waals surface area contributed by atoms with Crippen molar-refractivity contribution in [3.8, 4) is 34.1 Å². The second-order valence-electron chi connectivity index (χ2n) is 12.8. The van der Waals surface area contributed by atoms with E-state index in [4.69, 9.17) is 14.8 Å². The van der Waals surface area contributed by atoms with E-state index in [1.54, 1.807) is 0 Å². The summed E-state index contributed by atoms with van der Waals surface area (Å²) in [5, 5.41) is 7.31. The number of fused-ring (bicyclic) bond motifs is 3. The first kappa shape index (κ1) is 28.6. The third kappa shape index (κ3) is 5.18. The van der Waals surface area contributed by atoms with E-state index >= 15 is 0 Å². The highest BCUT2D eigenvalue weighted by molar-refractivity contribution is 6.09. The molecule has 5 heteroatoms. The summed E-state index contributed by atoms with van der Waals surface area (Å²) in [7, 11) is 0. The molecule has 3 heterocycles. The maximum Gasteiger partial charge on any atom is 0.137 e. The molecular formula is C40H38N4O. The minimum absolute atomic E-state index is 0.0123. The monoisotopic (exact) mass is 590 g/mol. The van der Waals surface area contributed by atoms with Gasteiger partial charge in [0.05, 0.1) is 22.4 Å². The number of hydrogen-bond donors (Lipinski definition) is 0. The average Bonchev–Trinajstić information content (AvgIpc) is 3.53. The Morgan fingerprint density at radius 1 is 0.733 bits per heavy atom. The minimum Gasteiger partial charge on any atom is -0.457 e. The number of benzene rings is 4. The van der Waals surface area contributed by atoms with Gasteiger partial charge in [-0.05, 0) is 90.9 Å². The number of aryl methyl sites for hydroxylation is 2. The number of aromatic nitrogens is 4. The molecule has 0 bridgehead atoms.